The Balaban J connectivity index is 2.02. The van der Waals surface area contributed by atoms with Crippen LogP contribution in [0.2, 0.25) is 0 Å². The van der Waals surface area contributed by atoms with Crippen molar-refractivity contribution in [2.24, 2.45) is 0 Å². The number of hydrogen-bond donors (Lipinski definition) is 0. The lowest BCUT2D eigenvalue weighted by Crippen LogP contribution is -2.30. The molecule has 0 spiro atoms. The van der Waals surface area contributed by atoms with Gasteiger partial charge in [-0.3, -0.25) is 9.59 Å². The summed E-state index contributed by atoms with van der Waals surface area (Å²) in [6, 6.07) is 3.63. The standard InChI is InChI=1S/C13H15N5O2/c1-16(7-2-5-14)12(19)4-8-17-9-10-18-11(13(17)20)3-6-15-18/h3,6,9-10H,2,4,7-8H2,1H3. The first kappa shape index (κ1) is 13.8. The van der Waals surface area contributed by atoms with Crippen molar-refractivity contribution >= 4 is 11.4 Å². The average molecular weight is 273 g/mol. The van der Waals surface area contributed by atoms with Crippen LogP contribution < -0.4 is 5.56 Å². The van der Waals surface area contributed by atoms with Gasteiger partial charge < -0.3 is 9.47 Å². The van der Waals surface area contributed by atoms with Crippen LogP contribution in [0.25, 0.3) is 5.52 Å². The summed E-state index contributed by atoms with van der Waals surface area (Å²) in [4.78, 5) is 25.4. The van der Waals surface area contributed by atoms with Crippen LogP contribution in [0, 0.1) is 11.3 Å². The highest BCUT2D eigenvalue weighted by atomic mass is 16.2. The molecule has 0 aliphatic rings. The first-order chi connectivity index (χ1) is 9.63. The van der Waals surface area contributed by atoms with Crippen LogP contribution >= 0.6 is 0 Å². The summed E-state index contributed by atoms with van der Waals surface area (Å²) in [6.07, 6.45) is 5.39. The molecule has 2 aromatic rings. The molecule has 2 rings (SSSR count). The van der Waals surface area contributed by atoms with Gasteiger partial charge in [0.25, 0.3) is 5.56 Å². The molecule has 7 nitrogen and oxygen atoms in total. The van der Waals surface area contributed by atoms with Gasteiger partial charge >= 0.3 is 0 Å². The first-order valence-corrected chi connectivity index (χ1v) is 6.27. The van der Waals surface area contributed by atoms with E-state index in [1.165, 1.54) is 14.0 Å². The van der Waals surface area contributed by atoms with Crippen molar-refractivity contribution in [1.82, 2.24) is 19.1 Å². The molecule has 0 aliphatic heterocycles. The number of aromatic nitrogens is 3. The van der Waals surface area contributed by atoms with Crippen LogP contribution in [0.5, 0.6) is 0 Å². The van der Waals surface area contributed by atoms with Crippen LogP contribution in [-0.2, 0) is 11.3 Å². The van der Waals surface area contributed by atoms with E-state index in [4.69, 9.17) is 5.26 Å². The molecule has 0 unspecified atom stereocenters. The summed E-state index contributed by atoms with van der Waals surface area (Å²) in [6.45, 7) is 0.724. The lowest BCUT2D eigenvalue weighted by Gasteiger charge is -2.15. The van der Waals surface area contributed by atoms with Crippen molar-refractivity contribution in [1.29, 1.82) is 5.26 Å². The van der Waals surface area contributed by atoms with Crippen molar-refractivity contribution < 1.29 is 4.79 Å². The number of aryl methyl sites for hydroxylation is 1. The topological polar surface area (TPSA) is 83.4 Å². The lowest BCUT2D eigenvalue weighted by molar-refractivity contribution is -0.130. The Labute approximate surface area is 115 Å². The number of carbonyl (C=O) groups excluding carboxylic acids is 1. The van der Waals surface area contributed by atoms with E-state index in [0.29, 0.717) is 25.0 Å². The summed E-state index contributed by atoms with van der Waals surface area (Å²) < 4.78 is 2.99. The SMILES string of the molecule is CN(CCC#N)C(=O)CCn1ccn2nccc2c1=O. The van der Waals surface area contributed by atoms with Gasteiger partial charge in [0, 0.05) is 39.0 Å². The second-order valence-electron chi connectivity index (χ2n) is 4.43. The number of carbonyl (C=O) groups is 1. The van der Waals surface area contributed by atoms with Crippen molar-refractivity contribution in [3.63, 3.8) is 0 Å². The highest BCUT2D eigenvalue weighted by Gasteiger charge is 2.09. The van der Waals surface area contributed by atoms with Crippen LogP contribution in [-0.4, -0.2) is 38.6 Å². The zero-order valence-electron chi connectivity index (χ0n) is 11.2. The third-order valence-electron chi connectivity index (χ3n) is 3.09. The van der Waals surface area contributed by atoms with Gasteiger partial charge in [-0.2, -0.15) is 10.4 Å². The monoisotopic (exact) mass is 273 g/mol. The second-order valence-corrected chi connectivity index (χ2v) is 4.43. The average Bonchev–Trinajstić information content (AvgIpc) is 2.93. The fraction of sp³-hybridized carbons (Fsp3) is 0.385. The van der Waals surface area contributed by atoms with Gasteiger partial charge in [-0.25, -0.2) is 4.52 Å². The van der Waals surface area contributed by atoms with E-state index in [-0.39, 0.29) is 17.9 Å². The van der Waals surface area contributed by atoms with Crippen molar-refractivity contribution in [3.05, 3.63) is 35.0 Å². The Morgan fingerprint density at radius 2 is 2.30 bits per heavy atom. The number of amides is 1. The molecule has 104 valence electrons. The molecule has 0 aliphatic carbocycles. The van der Waals surface area contributed by atoms with Crippen LogP contribution in [0.15, 0.2) is 29.5 Å². The van der Waals surface area contributed by atoms with Crippen molar-refractivity contribution in [2.45, 2.75) is 19.4 Å². The molecular weight excluding hydrogens is 258 g/mol. The number of fused-ring (bicyclic) bond motifs is 1. The molecule has 2 heterocycles. The van der Waals surface area contributed by atoms with Gasteiger partial charge in [-0.15, -0.1) is 0 Å². The Kier molecular flexibility index (Phi) is 4.15. The van der Waals surface area contributed by atoms with Crippen LogP contribution in [0.1, 0.15) is 12.8 Å². The minimum Gasteiger partial charge on any atom is -0.345 e. The zero-order chi connectivity index (χ0) is 14.5. The predicted octanol–water partition coefficient (Wildman–Crippen LogP) is 0.258. The van der Waals surface area contributed by atoms with Gasteiger partial charge in [0.2, 0.25) is 5.91 Å². The van der Waals surface area contributed by atoms with Gasteiger partial charge in [0.1, 0.15) is 5.52 Å². The fourth-order valence-corrected chi connectivity index (χ4v) is 1.89. The van der Waals surface area contributed by atoms with Gasteiger partial charge in [0.15, 0.2) is 0 Å². The maximum Gasteiger partial charge on any atom is 0.276 e. The second kappa shape index (κ2) is 6.02. The van der Waals surface area contributed by atoms with E-state index in [1.54, 1.807) is 31.7 Å². The Bertz CT molecular complexity index is 709. The molecule has 7 heteroatoms. The van der Waals surface area contributed by atoms with E-state index in [1.807, 2.05) is 6.07 Å². The highest BCUT2D eigenvalue weighted by molar-refractivity contribution is 5.75. The zero-order valence-corrected chi connectivity index (χ0v) is 11.2. The van der Waals surface area contributed by atoms with Gasteiger partial charge in [-0.05, 0) is 6.07 Å². The molecular formula is C13H15N5O2. The molecule has 0 bridgehead atoms. The van der Waals surface area contributed by atoms with E-state index in [9.17, 15) is 9.59 Å². The van der Waals surface area contributed by atoms with Crippen molar-refractivity contribution in [2.75, 3.05) is 13.6 Å². The molecule has 20 heavy (non-hydrogen) atoms. The minimum atomic E-state index is -0.169. The molecule has 1 amide bonds. The highest BCUT2D eigenvalue weighted by Crippen LogP contribution is 1.98. The largest absolute Gasteiger partial charge is 0.345 e. The van der Waals surface area contributed by atoms with E-state index >= 15 is 0 Å². The number of nitriles is 1. The number of rotatable bonds is 5. The molecule has 0 radical (unpaired) electrons. The van der Waals surface area contributed by atoms with E-state index in [2.05, 4.69) is 5.10 Å². The number of nitrogens with zero attached hydrogens (tertiary/aromatic N) is 5. The summed E-state index contributed by atoms with van der Waals surface area (Å²) >= 11 is 0. The summed E-state index contributed by atoms with van der Waals surface area (Å²) in [7, 11) is 1.66. The molecule has 0 atom stereocenters. The quantitative estimate of drug-likeness (QED) is 0.782. The summed E-state index contributed by atoms with van der Waals surface area (Å²) in [5, 5.41) is 12.5. The lowest BCUT2D eigenvalue weighted by atomic mass is 10.3. The molecule has 0 fully saturated rings. The third-order valence-corrected chi connectivity index (χ3v) is 3.09. The summed E-state index contributed by atoms with van der Waals surface area (Å²) in [5.74, 6) is -0.0828. The molecule has 0 N–H and O–H groups in total. The number of hydrogen-bond acceptors (Lipinski definition) is 4. The van der Waals surface area contributed by atoms with E-state index < -0.39 is 0 Å². The first-order valence-electron chi connectivity index (χ1n) is 6.27. The smallest absolute Gasteiger partial charge is 0.276 e. The van der Waals surface area contributed by atoms with Crippen LogP contribution in [0.3, 0.4) is 0 Å². The molecule has 2 aromatic heterocycles. The van der Waals surface area contributed by atoms with E-state index in [0.717, 1.165) is 0 Å². The minimum absolute atomic E-state index is 0.0828. The fourth-order valence-electron chi connectivity index (χ4n) is 1.89. The normalized spacial score (nSPS) is 10.4. The summed E-state index contributed by atoms with van der Waals surface area (Å²) in [5.41, 5.74) is 0.315. The predicted molar refractivity (Wildman–Crippen MR) is 71.9 cm³/mol. The molecule has 0 aromatic carbocycles. The Morgan fingerprint density at radius 3 is 3.05 bits per heavy atom. The van der Waals surface area contributed by atoms with Gasteiger partial charge in [-0.1, -0.05) is 0 Å². The Hall–Kier alpha value is -2.62. The molecule has 0 saturated heterocycles. The maximum atomic E-state index is 12.1. The molecule has 0 saturated carbocycles. The van der Waals surface area contributed by atoms with Gasteiger partial charge in [0.05, 0.1) is 18.7 Å². The Morgan fingerprint density at radius 1 is 1.50 bits per heavy atom. The van der Waals surface area contributed by atoms with Crippen molar-refractivity contribution in [3.8, 4) is 6.07 Å². The van der Waals surface area contributed by atoms with Crippen LogP contribution in [0.4, 0.5) is 0 Å². The third kappa shape index (κ3) is 2.85. The maximum absolute atomic E-state index is 12.1.